The maximum atomic E-state index is 12.1. The van der Waals surface area contributed by atoms with E-state index in [2.05, 4.69) is 15.9 Å². The van der Waals surface area contributed by atoms with E-state index in [1.807, 2.05) is 0 Å². The molecule has 1 unspecified atom stereocenters. The molecule has 1 aliphatic rings. The molecule has 1 heterocycles. The molecule has 0 aromatic heterocycles. The molecule has 120 valence electrons. The smallest absolute Gasteiger partial charge is 0.329 e. The van der Waals surface area contributed by atoms with Crippen LogP contribution >= 0.6 is 15.9 Å². The highest BCUT2D eigenvalue weighted by molar-refractivity contribution is 9.10. The molecule has 0 radical (unpaired) electrons. The first-order valence-electron chi connectivity index (χ1n) is 6.55. The SMILES string of the molecule is COc1cc(Br)c(C=CC(=O)C2C(=O)C=C(C)OC2=O)cc1O. The average Bonchev–Trinajstić information content (AvgIpc) is 2.46. The molecule has 0 spiro atoms. The number of carbonyl (C=O) groups is 3. The van der Waals surface area contributed by atoms with Gasteiger partial charge in [-0.15, -0.1) is 0 Å². The number of allylic oxidation sites excluding steroid dienone is 3. The number of ether oxygens (including phenoxy) is 2. The number of phenols is 1. The van der Waals surface area contributed by atoms with E-state index in [1.54, 1.807) is 0 Å². The van der Waals surface area contributed by atoms with Gasteiger partial charge < -0.3 is 14.6 Å². The Hall–Kier alpha value is -2.41. The van der Waals surface area contributed by atoms with Crippen LogP contribution in [-0.2, 0) is 19.1 Å². The molecule has 1 atom stereocenters. The molecule has 6 nitrogen and oxygen atoms in total. The zero-order valence-corrected chi connectivity index (χ0v) is 13.9. The first-order valence-corrected chi connectivity index (χ1v) is 7.35. The summed E-state index contributed by atoms with van der Waals surface area (Å²) in [5.41, 5.74) is 0.486. The number of phenolic OH excluding ortho intramolecular Hbond substituents is 1. The van der Waals surface area contributed by atoms with Gasteiger partial charge in [-0.3, -0.25) is 14.4 Å². The van der Waals surface area contributed by atoms with Crippen molar-refractivity contribution in [1.29, 1.82) is 0 Å². The van der Waals surface area contributed by atoms with Crippen LogP contribution in [-0.4, -0.2) is 29.8 Å². The predicted octanol–water partition coefficient (Wildman–Crippen LogP) is 2.39. The first kappa shape index (κ1) is 17.0. The number of methoxy groups -OCH3 is 1. The summed E-state index contributed by atoms with van der Waals surface area (Å²) in [5, 5.41) is 9.74. The summed E-state index contributed by atoms with van der Waals surface area (Å²) in [4.78, 5) is 35.5. The standard InChI is InChI=1S/C16H13BrO6/c1-8-5-13(20)15(16(21)23-8)11(18)4-3-9-6-12(19)14(22-2)7-10(9)17/h3-7,15,19H,1-2H3. The molecule has 0 amide bonds. The number of ketones is 2. The lowest BCUT2D eigenvalue weighted by molar-refractivity contribution is -0.151. The first-order chi connectivity index (χ1) is 10.8. The fourth-order valence-electron chi connectivity index (χ4n) is 2.02. The second kappa shape index (κ2) is 6.78. The third-order valence-electron chi connectivity index (χ3n) is 3.14. The summed E-state index contributed by atoms with van der Waals surface area (Å²) in [6.45, 7) is 1.46. The lowest BCUT2D eigenvalue weighted by Crippen LogP contribution is -2.34. The Kier molecular flexibility index (Phi) is 5.00. The number of rotatable bonds is 4. The van der Waals surface area contributed by atoms with Crippen molar-refractivity contribution in [2.45, 2.75) is 6.92 Å². The van der Waals surface area contributed by atoms with Crippen molar-refractivity contribution in [1.82, 2.24) is 0 Å². The van der Waals surface area contributed by atoms with Crippen molar-refractivity contribution in [2.24, 2.45) is 5.92 Å². The van der Waals surface area contributed by atoms with Crippen molar-refractivity contribution in [3.8, 4) is 11.5 Å². The summed E-state index contributed by atoms with van der Waals surface area (Å²) in [6, 6.07) is 2.92. The number of aromatic hydroxyl groups is 1. The summed E-state index contributed by atoms with van der Waals surface area (Å²) in [7, 11) is 1.41. The Morgan fingerprint density at radius 1 is 1.39 bits per heavy atom. The molecule has 0 bridgehead atoms. The van der Waals surface area contributed by atoms with Gasteiger partial charge in [0.25, 0.3) is 0 Å². The number of carbonyl (C=O) groups excluding carboxylic acids is 3. The topological polar surface area (TPSA) is 89.9 Å². The Morgan fingerprint density at radius 3 is 2.70 bits per heavy atom. The maximum absolute atomic E-state index is 12.1. The number of hydrogen-bond acceptors (Lipinski definition) is 6. The van der Waals surface area contributed by atoms with E-state index in [1.165, 1.54) is 32.2 Å². The van der Waals surface area contributed by atoms with Crippen LogP contribution < -0.4 is 4.74 Å². The molecule has 2 rings (SSSR count). The molecule has 1 aliphatic heterocycles. The Labute approximate surface area is 140 Å². The van der Waals surface area contributed by atoms with Crippen LogP contribution in [0.1, 0.15) is 12.5 Å². The van der Waals surface area contributed by atoms with Crippen LogP contribution in [0.4, 0.5) is 0 Å². The highest BCUT2D eigenvalue weighted by atomic mass is 79.9. The number of esters is 1. The van der Waals surface area contributed by atoms with Crippen LogP contribution in [0.3, 0.4) is 0 Å². The van der Waals surface area contributed by atoms with Gasteiger partial charge in [0.15, 0.2) is 29.0 Å². The Morgan fingerprint density at radius 2 is 2.09 bits per heavy atom. The van der Waals surface area contributed by atoms with Gasteiger partial charge in [-0.2, -0.15) is 0 Å². The third-order valence-corrected chi connectivity index (χ3v) is 3.82. The fraction of sp³-hybridized carbons (Fsp3) is 0.188. The summed E-state index contributed by atoms with van der Waals surface area (Å²) in [6.07, 6.45) is 3.61. The zero-order chi connectivity index (χ0) is 17.1. The zero-order valence-electron chi connectivity index (χ0n) is 12.3. The van der Waals surface area contributed by atoms with Gasteiger partial charge in [0, 0.05) is 10.5 Å². The Balaban J connectivity index is 2.24. The van der Waals surface area contributed by atoms with E-state index in [0.717, 1.165) is 12.2 Å². The lowest BCUT2D eigenvalue weighted by atomic mass is 9.96. The highest BCUT2D eigenvalue weighted by Crippen LogP contribution is 2.33. The van der Waals surface area contributed by atoms with Crippen molar-refractivity contribution >= 4 is 39.5 Å². The minimum atomic E-state index is -1.49. The highest BCUT2D eigenvalue weighted by Gasteiger charge is 2.36. The minimum absolute atomic E-state index is 0.102. The molecule has 0 fully saturated rings. The van der Waals surface area contributed by atoms with E-state index in [0.29, 0.717) is 10.0 Å². The summed E-state index contributed by atoms with van der Waals surface area (Å²) in [5.74, 6) is -3.34. The van der Waals surface area contributed by atoms with Gasteiger partial charge in [-0.25, -0.2) is 0 Å². The van der Waals surface area contributed by atoms with Crippen molar-refractivity contribution in [3.05, 3.63) is 40.1 Å². The number of halogens is 1. The second-order valence-electron chi connectivity index (χ2n) is 4.79. The van der Waals surface area contributed by atoms with E-state index in [9.17, 15) is 19.5 Å². The van der Waals surface area contributed by atoms with Gasteiger partial charge in [-0.05, 0) is 30.7 Å². The van der Waals surface area contributed by atoms with Crippen LogP contribution in [0.2, 0.25) is 0 Å². The monoisotopic (exact) mass is 380 g/mol. The molecular weight excluding hydrogens is 368 g/mol. The van der Waals surface area contributed by atoms with Crippen molar-refractivity contribution in [3.63, 3.8) is 0 Å². The van der Waals surface area contributed by atoms with Gasteiger partial charge >= 0.3 is 5.97 Å². The van der Waals surface area contributed by atoms with Gasteiger partial charge in [0.1, 0.15) is 5.76 Å². The molecule has 7 heteroatoms. The van der Waals surface area contributed by atoms with Crippen molar-refractivity contribution < 1.29 is 29.0 Å². The van der Waals surface area contributed by atoms with Crippen LogP contribution in [0.25, 0.3) is 6.08 Å². The summed E-state index contributed by atoms with van der Waals surface area (Å²) >= 11 is 3.28. The van der Waals surface area contributed by atoms with E-state index < -0.39 is 23.5 Å². The Bertz CT molecular complexity index is 747. The molecule has 1 aromatic rings. The van der Waals surface area contributed by atoms with Gasteiger partial charge in [0.05, 0.1) is 7.11 Å². The molecule has 0 aliphatic carbocycles. The molecule has 1 N–H and O–H groups in total. The molecule has 23 heavy (non-hydrogen) atoms. The third kappa shape index (κ3) is 3.68. The van der Waals surface area contributed by atoms with Gasteiger partial charge in [0.2, 0.25) is 0 Å². The largest absolute Gasteiger partial charge is 0.504 e. The van der Waals surface area contributed by atoms with Gasteiger partial charge in [-0.1, -0.05) is 22.0 Å². The predicted molar refractivity (Wildman–Crippen MR) is 84.7 cm³/mol. The lowest BCUT2D eigenvalue weighted by Gasteiger charge is -2.15. The van der Waals surface area contributed by atoms with Crippen LogP contribution in [0.15, 0.2) is 34.5 Å². The summed E-state index contributed by atoms with van der Waals surface area (Å²) < 4.78 is 10.3. The normalized spacial score (nSPS) is 17.9. The molecule has 0 saturated heterocycles. The average molecular weight is 381 g/mol. The number of benzene rings is 1. The molecule has 0 saturated carbocycles. The second-order valence-corrected chi connectivity index (χ2v) is 5.65. The minimum Gasteiger partial charge on any atom is -0.504 e. The fourth-order valence-corrected chi connectivity index (χ4v) is 2.48. The van der Waals surface area contributed by atoms with E-state index in [-0.39, 0.29) is 17.3 Å². The van der Waals surface area contributed by atoms with E-state index in [4.69, 9.17) is 9.47 Å². The van der Waals surface area contributed by atoms with Crippen LogP contribution in [0.5, 0.6) is 11.5 Å². The molecule has 1 aromatic carbocycles. The maximum Gasteiger partial charge on any atom is 0.329 e. The quantitative estimate of drug-likeness (QED) is 0.490. The number of cyclic esters (lactones) is 1. The number of hydrogen-bond donors (Lipinski definition) is 1. The van der Waals surface area contributed by atoms with Crippen molar-refractivity contribution in [2.75, 3.05) is 7.11 Å². The van der Waals surface area contributed by atoms with Crippen LogP contribution in [0, 0.1) is 5.92 Å². The molecular formula is C16H13BrO6. The van der Waals surface area contributed by atoms with E-state index >= 15 is 0 Å².